The molecule has 0 aromatic heterocycles. The highest BCUT2D eigenvalue weighted by molar-refractivity contribution is 5.72. The predicted octanol–water partition coefficient (Wildman–Crippen LogP) is 2.15. The maximum Gasteiger partial charge on any atom is 0.308 e. The van der Waals surface area contributed by atoms with E-state index in [1.165, 1.54) is 6.07 Å². The smallest absolute Gasteiger partial charge is 0.308 e. The zero-order valence-electron chi connectivity index (χ0n) is 9.50. The molecule has 0 aliphatic rings. The van der Waals surface area contributed by atoms with Gasteiger partial charge in [0.1, 0.15) is 5.82 Å². The van der Waals surface area contributed by atoms with Crippen LogP contribution in [0.25, 0.3) is 0 Å². The van der Waals surface area contributed by atoms with Gasteiger partial charge in [0, 0.05) is 0 Å². The molecule has 0 saturated carbocycles. The molecular formula is C12H16FNO2. The van der Waals surface area contributed by atoms with E-state index >= 15 is 0 Å². The van der Waals surface area contributed by atoms with Gasteiger partial charge in [-0.05, 0) is 31.0 Å². The fourth-order valence-corrected chi connectivity index (χ4v) is 1.44. The van der Waals surface area contributed by atoms with E-state index < -0.39 is 5.82 Å². The Labute approximate surface area is 94.4 Å². The molecule has 16 heavy (non-hydrogen) atoms. The summed E-state index contributed by atoms with van der Waals surface area (Å²) >= 11 is 0. The van der Waals surface area contributed by atoms with Gasteiger partial charge in [-0.25, -0.2) is 4.39 Å². The Kier molecular flexibility index (Phi) is 4.28. The van der Waals surface area contributed by atoms with Crippen molar-refractivity contribution in [1.29, 1.82) is 0 Å². The normalized spacial score (nSPS) is 12.2. The van der Waals surface area contributed by atoms with E-state index in [2.05, 4.69) is 0 Å². The van der Waals surface area contributed by atoms with Gasteiger partial charge >= 0.3 is 5.97 Å². The summed E-state index contributed by atoms with van der Waals surface area (Å²) in [5.41, 5.74) is 6.38. The highest BCUT2D eigenvalue weighted by Crippen LogP contribution is 2.16. The maximum absolute atomic E-state index is 12.9. The monoisotopic (exact) mass is 225 g/mol. The Morgan fingerprint density at radius 2 is 2.25 bits per heavy atom. The lowest BCUT2D eigenvalue weighted by molar-refractivity contribution is -0.147. The van der Waals surface area contributed by atoms with E-state index in [0.717, 1.165) is 5.56 Å². The topological polar surface area (TPSA) is 52.3 Å². The van der Waals surface area contributed by atoms with Crippen molar-refractivity contribution in [3.05, 3.63) is 29.6 Å². The second kappa shape index (κ2) is 5.49. The first-order chi connectivity index (χ1) is 7.54. The Hall–Kier alpha value is -1.58. The number of benzene rings is 1. The van der Waals surface area contributed by atoms with Crippen LogP contribution in [0.15, 0.2) is 18.2 Å². The largest absolute Gasteiger partial charge is 0.466 e. The quantitative estimate of drug-likeness (QED) is 0.631. The highest BCUT2D eigenvalue weighted by Gasteiger charge is 2.14. The number of anilines is 1. The maximum atomic E-state index is 12.9. The molecule has 1 aromatic rings. The first-order valence-electron chi connectivity index (χ1n) is 5.25. The molecule has 0 bridgehead atoms. The van der Waals surface area contributed by atoms with Gasteiger partial charge in [0.05, 0.1) is 18.2 Å². The SMILES string of the molecule is CCOC(=O)[C@@H](C)Cc1ccc(F)c(N)c1. The molecule has 0 aliphatic carbocycles. The van der Waals surface area contributed by atoms with Crippen LogP contribution in [-0.2, 0) is 16.0 Å². The van der Waals surface area contributed by atoms with Gasteiger partial charge in [-0.15, -0.1) is 0 Å². The van der Waals surface area contributed by atoms with Gasteiger partial charge in [0.2, 0.25) is 0 Å². The number of nitrogens with two attached hydrogens (primary N) is 1. The number of esters is 1. The molecule has 3 nitrogen and oxygen atoms in total. The molecule has 0 amide bonds. The number of carbonyl (C=O) groups excluding carboxylic acids is 1. The number of hydrogen-bond donors (Lipinski definition) is 1. The van der Waals surface area contributed by atoms with E-state index in [4.69, 9.17) is 10.5 Å². The van der Waals surface area contributed by atoms with Crippen molar-refractivity contribution < 1.29 is 13.9 Å². The minimum atomic E-state index is -0.437. The Morgan fingerprint density at radius 3 is 2.81 bits per heavy atom. The average molecular weight is 225 g/mol. The van der Waals surface area contributed by atoms with Crippen molar-refractivity contribution in [3.63, 3.8) is 0 Å². The van der Waals surface area contributed by atoms with Crippen LogP contribution in [-0.4, -0.2) is 12.6 Å². The summed E-state index contributed by atoms with van der Waals surface area (Å²) in [5.74, 6) is -0.928. The minimum absolute atomic E-state index is 0.105. The molecular weight excluding hydrogens is 209 g/mol. The third-order valence-electron chi connectivity index (χ3n) is 2.29. The van der Waals surface area contributed by atoms with E-state index in [1.54, 1.807) is 26.0 Å². The molecule has 4 heteroatoms. The molecule has 2 N–H and O–H groups in total. The Balaban J connectivity index is 2.66. The van der Waals surface area contributed by atoms with Crippen LogP contribution in [0.4, 0.5) is 10.1 Å². The fourth-order valence-electron chi connectivity index (χ4n) is 1.44. The van der Waals surface area contributed by atoms with Crippen molar-refractivity contribution >= 4 is 11.7 Å². The second-order valence-electron chi connectivity index (χ2n) is 3.71. The molecule has 0 unspecified atom stereocenters. The fraction of sp³-hybridized carbons (Fsp3) is 0.417. The van der Waals surface area contributed by atoms with Crippen LogP contribution in [0.1, 0.15) is 19.4 Å². The lowest BCUT2D eigenvalue weighted by Crippen LogP contribution is -2.17. The number of nitrogen functional groups attached to an aromatic ring is 1. The Morgan fingerprint density at radius 1 is 1.56 bits per heavy atom. The summed E-state index contributed by atoms with van der Waals surface area (Å²) in [4.78, 5) is 11.4. The molecule has 0 spiro atoms. The van der Waals surface area contributed by atoms with Gasteiger partial charge in [0.15, 0.2) is 0 Å². The number of halogens is 1. The molecule has 0 fully saturated rings. The summed E-state index contributed by atoms with van der Waals surface area (Å²) in [6.07, 6.45) is 0.503. The van der Waals surface area contributed by atoms with Crippen LogP contribution >= 0.6 is 0 Å². The first kappa shape index (κ1) is 12.5. The van der Waals surface area contributed by atoms with Crippen LogP contribution in [0.2, 0.25) is 0 Å². The summed E-state index contributed by atoms with van der Waals surface area (Å²) in [7, 11) is 0. The molecule has 1 aromatic carbocycles. The third-order valence-corrected chi connectivity index (χ3v) is 2.29. The molecule has 0 aliphatic heterocycles. The molecule has 1 rings (SSSR count). The average Bonchev–Trinajstić information content (AvgIpc) is 2.24. The van der Waals surface area contributed by atoms with Gasteiger partial charge < -0.3 is 10.5 Å². The van der Waals surface area contributed by atoms with E-state index in [-0.39, 0.29) is 17.6 Å². The number of rotatable bonds is 4. The molecule has 0 heterocycles. The van der Waals surface area contributed by atoms with E-state index in [0.29, 0.717) is 13.0 Å². The van der Waals surface area contributed by atoms with Crippen molar-refractivity contribution in [2.45, 2.75) is 20.3 Å². The number of ether oxygens (including phenoxy) is 1. The summed E-state index contributed by atoms with van der Waals surface area (Å²) in [6, 6.07) is 4.48. The summed E-state index contributed by atoms with van der Waals surface area (Å²) < 4.78 is 17.8. The molecule has 0 radical (unpaired) electrons. The zero-order valence-corrected chi connectivity index (χ0v) is 9.50. The third kappa shape index (κ3) is 3.22. The van der Waals surface area contributed by atoms with E-state index in [1.807, 2.05) is 0 Å². The Bertz CT molecular complexity index is 379. The summed E-state index contributed by atoms with van der Waals surface area (Å²) in [6.45, 7) is 3.91. The van der Waals surface area contributed by atoms with Gasteiger partial charge in [0.25, 0.3) is 0 Å². The van der Waals surface area contributed by atoms with Crippen LogP contribution in [0.3, 0.4) is 0 Å². The number of hydrogen-bond acceptors (Lipinski definition) is 3. The van der Waals surface area contributed by atoms with Gasteiger partial charge in [-0.3, -0.25) is 4.79 Å². The van der Waals surface area contributed by atoms with Crippen LogP contribution < -0.4 is 5.73 Å². The molecule has 1 atom stereocenters. The molecule has 88 valence electrons. The first-order valence-corrected chi connectivity index (χ1v) is 5.25. The predicted molar refractivity (Wildman–Crippen MR) is 60.3 cm³/mol. The van der Waals surface area contributed by atoms with E-state index in [9.17, 15) is 9.18 Å². The zero-order chi connectivity index (χ0) is 12.1. The van der Waals surface area contributed by atoms with Gasteiger partial charge in [-0.2, -0.15) is 0 Å². The van der Waals surface area contributed by atoms with Crippen molar-refractivity contribution in [3.8, 4) is 0 Å². The minimum Gasteiger partial charge on any atom is -0.466 e. The van der Waals surface area contributed by atoms with Crippen molar-refractivity contribution in [1.82, 2.24) is 0 Å². The van der Waals surface area contributed by atoms with Crippen molar-refractivity contribution in [2.24, 2.45) is 5.92 Å². The highest BCUT2D eigenvalue weighted by atomic mass is 19.1. The lowest BCUT2D eigenvalue weighted by atomic mass is 10.0. The number of carbonyl (C=O) groups is 1. The van der Waals surface area contributed by atoms with Crippen LogP contribution in [0, 0.1) is 11.7 Å². The standard InChI is InChI=1S/C12H16FNO2/c1-3-16-12(15)8(2)6-9-4-5-10(13)11(14)7-9/h4-5,7-8H,3,6,14H2,1-2H3/t8-/m0/s1. The lowest BCUT2D eigenvalue weighted by Gasteiger charge is -2.10. The van der Waals surface area contributed by atoms with Crippen LogP contribution in [0.5, 0.6) is 0 Å². The van der Waals surface area contributed by atoms with Crippen molar-refractivity contribution in [2.75, 3.05) is 12.3 Å². The molecule has 0 saturated heterocycles. The second-order valence-corrected chi connectivity index (χ2v) is 3.71. The van der Waals surface area contributed by atoms with Gasteiger partial charge in [-0.1, -0.05) is 13.0 Å². The summed E-state index contributed by atoms with van der Waals surface area (Å²) in [5, 5.41) is 0.